The van der Waals surface area contributed by atoms with E-state index in [0.29, 0.717) is 16.4 Å². The van der Waals surface area contributed by atoms with E-state index in [1.165, 1.54) is 18.2 Å². The molecule has 0 atom stereocenters. The molecule has 0 radical (unpaired) electrons. The minimum atomic E-state index is -2.95. The molecule has 0 aromatic heterocycles. The molecule has 0 heterocycles. The molecule has 2 rings (SSSR count). The van der Waals surface area contributed by atoms with Crippen LogP contribution in [-0.4, -0.2) is 19.1 Å². The highest BCUT2D eigenvalue weighted by Crippen LogP contribution is 2.28. The van der Waals surface area contributed by atoms with E-state index in [2.05, 4.69) is 15.4 Å². The molecule has 0 fully saturated rings. The van der Waals surface area contributed by atoms with Crippen molar-refractivity contribution in [2.24, 2.45) is 0 Å². The number of para-hydroxylation sites is 1. The Bertz CT molecular complexity index is 699. The predicted octanol–water partition coefficient (Wildman–Crippen LogP) is 4.65. The lowest BCUT2D eigenvalue weighted by Crippen LogP contribution is -2.21. The Labute approximate surface area is 141 Å². The summed E-state index contributed by atoms with van der Waals surface area (Å²) >= 11 is 11.8. The van der Waals surface area contributed by atoms with Gasteiger partial charge in [-0.05, 0) is 30.3 Å². The summed E-state index contributed by atoms with van der Waals surface area (Å²) in [5.74, 6) is -0.449. The van der Waals surface area contributed by atoms with E-state index in [1.807, 2.05) is 0 Å². The zero-order valence-electron chi connectivity index (χ0n) is 11.7. The Morgan fingerprint density at radius 3 is 2.52 bits per heavy atom. The Kier molecular flexibility index (Phi) is 6.01. The molecule has 4 nitrogen and oxygen atoms in total. The minimum absolute atomic E-state index is 0.0156. The summed E-state index contributed by atoms with van der Waals surface area (Å²) in [7, 11) is 0. The molecule has 122 valence electrons. The number of benzene rings is 2. The summed E-state index contributed by atoms with van der Waals surface area (Å²) in [4.78, 5) is 11.8. The Hall–Kier alpha value is -2.05. The number of halogens is 4. The molecular weight excluding hydrogens is 349 g/mol. The Morgan fingerprint density at radius 2 is 1.87 bits per heavy atom. The number of alkyl halides is 2. The highest BCUT2D eigenvalue weighted by molar-refractivity contribution is 6.33. The van der Waals surface area contributed by atoms with E-state index in [-0.39, 0.29) is 23.2 Å². The van der Waals surface area contributed by atoms with Crippen molar-refractivity contribution in [2.45, 2.75) is 6.61 Å². The van der Waals surface area contributed by atoms with Crippen molar-refractivity contribution in [3.8, 4) is 5.75 Å². The van der Waals surface area contributed by atoms with Gasteiger partial charge in [-0.15, -0.1) is 0 Å². The predicted molar refractivity (Wildman–Crippen MR) is 86.7 cm³/mol. The number of anilines is 2. The number of rotatable bonds is 6. The van der Waals surface area contributed by atoms with Gasteiger partial charge in [0.25, 0.3) is 0 Å². The standard InChI is InChI=1S/C15H12Cl2F2N2O2/c16-10-3-1-2-4-12(10)21-14(22)8-20-9-5-6-13(11(17)7-9)23-15(18)19/h1-7,15,20H,8H2,(H,21,22). The van der Waals surface area contributed by atoms with Gasteiger partial charge in [-0.1, -0.05) is 35.3 Å². The smallest absolute Gasteiger partial charge is 0.387 e. The van der Waals surface area contributed by atoms with Gasteiger partial charge in [0.15, 0.2) is 0 Å². The van der Waals surface area contributed by atoms with Crippen molar-refractivity contribution < 1.29 is 18.3 Å². The fraction of sp³-hybridized carbons (Fsp3) is 0.133. The summed E-state index contributed by atoms with van der Waals surface area (Å²) in [5, 5.41) is 5.91. The van der Waals surface area contributed by atoms with Gasteiger partial charge in [0, 0.05) is 5.69 Å². The van der Waals surface area contributed by atoms with Crippen LogP contribution in [0.5, 0.6) is 5.75 Å². The quantitative estimate of drug-likeness (QED) is 0.788. The summed E-state index contributed by atoms with van der Waals surface area (Å²) in [6.07, 6.45) is 0. The maximum absolute atomic E-state index is 12.1. The van der Waals surface area contributed by atoms with Gasteiger partial charge < -0.3 is 15.4 Å². The van der Waals surface area contributed by atoms with Gasteiger partial charge in [0.2, 0.25) is 5.91 Å². The van der Waals surface area contributed by atoms with E-state index in [0.717, 1.165) is 0 Å². The molecule has 0 saturated heterocycles. The second kappa shape index (κ2) is 7.99. The van der Waals surface area contributed by atoms with Crippen LogP contribution in [0.25, 0.3) is 0 Å². The molecule has 0 bridgehead atoms. The van der Waals surface area contributed by atoms with Gasteiger partial charge in [0.05, 0.1) is 22.3 Å². The molecule has 23 heavy (non-hydrogen) atoms. The Morgan fingerprint density at radius 1 is 1.13 bits per heavy atom. The average Bonchev–Trinajstić information content (AvgIpc) is 2.49. The average molecular weight is 361 g/mol. The van der Waals surface area contributed by atoms with Crippen molar-refractivity contribution in [1.82, 2.24) is 0 Å². The first-order valence-corrected chi connectivity index (χ1v) is 7.24. The molecule has 2 N–H and O–H groups in total. The maximum Gasteiger partial charge on any atom is 0.387 e. The molecule has 0 unspecified atom stereocenters. The fourth-order valence-corrected chi connectivity index (χ4v) is 2.15. The third kappa shape index (κ3) is 5.26. The van der Waals surface area contributed by atoms with E-state index in [9.17, 15) is 13.6 Å². The van der Waals surface area contributed by atoms with Gasteiger partial charge in [-0.2, -0.15) is 8.78 Å². The first-order valence-electron chi connectivity index (χ1n) is 6.48. The second-order valence-electron chi connectivity index (χ2n) is 4.41. The van der Waals surface area contributed by atoms with E-state index in [4.69, 9.17) is 23.2 Å². The van der Waals surface area contributed by atoms with Crippen molar-refractivity contribution >= 4 is 40.5 Å². The van der Waals surface area contributed by atoms with Crippen molar-refractivity contribution in [3.05, 3.63) is 52.5 Å². The Balaban J connectivity index is 1.92. The second-order valence-corrected chi connectivity index (χ2v) is 5.22. The number of carbonyl (C=O) groups is 1. The number of ether oxygens (including phenoxy) is 1. The van der Waals surface area contributed by atoms with Crippen molar-refractivity contribution in [3.63, 3.8) is 0 Å². The van der Waals surface area contributed by atoms with Crippen LogP contribution in [0, 0.1) is 0 Å². The third-order valence-corrected chi connectivity index (χ3v) is 3.37. The first-order chi connectivity index (χ1) is 11.0. The molecule has 8 heteroatoms. The van der Waals surface area contributed by atoms with E-state index < -0.39 is 6.61 Å². The summed E-state index contributed by atoms with van der Waals surface area (Å²) in [6, 6.07) is 11.0. The molecule has 0 aliphatic rings. The van der Waals surface area contributed by atoms with Crippen LogP contribution in [-0.2, 0) is 4.79 Å². The first kappa shape index (κ1) is 17.3. The summed E-state index contributed by atoms with van der Waals surface area (Å²) < 4.78 is 28.5. The van der Waals surface area contributed by atoms with Crippen LogP contribution in [0.3, 0.4) is 0 Å². The van der Waals surface area contributed by atoms with Crippen LogP contribution in [0.4, 0.5) is 20.2 Å². The van der Waals surface area contributed by atoms with Gasteiger partial charge >= 0.3 is 6.61 Å². The zero-order valence-corrected chi connectivity index (χ0v) is 13.2. The highest BCUT2D eigenvalue weighted by Gasteiger charge is 2.10. The topological polar surface area (TPSA) is 50.4 Å². The molecule has 0 aliphatic carbocycles. The molecular formula is C15H12Cl2F2N2O2. The normalized spacial score (nSPS) is 10.5. The largest absolute Gasteiger partial charge is 0.433 e. The van der Waals surface area contributed by atoms with E-state index in [1.54, 1.807) is 24.3 Å². The third-order valence-electron chi connectivity index (χ3n) is 2.75. The van der Waals surface area contributed by atoms with Crippen LogP contribution >= 0.6 is 23.2 Å². The highest BCUT2D eigenvalue weighted by atomic mass is 35.5. The molecule has 1 amide bonds. The number of hydrogen-bond acceptors (Lipinski definition) is 3. The molecule has 2 aromatic carbocycles. The lowest BCUT2D eigenvalue weighted by molar-refractivity contribution is -0.114. The summed E-state index contributed by atoms with van der Waals surface area (Å²) in [5.41, 5.74) is 0.991. The molecule has 0 spiro atoms. The SMILES string of the molecule is O=C(CNc1ccc(OC(F)F)c(Cl)c1)Nc1ccccc1Cl. The molecule has 0 aliphatic heterocycles. The number of hydrogen-bond donors (Lipinski definition) is 2. The summed E-state index contributed by atoms with van der Waals surface area (Å²) in [6.45, 7) is -3.00. The van der Waals surface area contributed by atoms with Crippen molar-refractivity contribution in [1.29, 1.82) is 0 Å². The lowest BCUT2D eigenvalue weighted by Gasteiger charge is -2.11. The molecule has 0 saturated carbocycles. The monoisotopic (exact) mass is 360 g/mol. The number of carbonyl (C=O) groups excluding carboxylic acids is 1. The zero-order chi connectivity index (χ0) is 16.8. The van der Waals surface area contributed by atoms with Gasteiger partial charge in [-0.25, -0.2) is 0 Å². The maximum atomic E-state index is 12.1. The van der Waals surface area contributed by atoms with Gasteiger partial charge in [0.1, 0.15) is 5.75 Å². The number of amides is 1. The van der Waals surface area contributed by atoms with Crippen LogP contribution < -0.4 is 15.4 Å². The fourth-order valence-electron chi connectivity index (χ4n) is 1.74. The van der Waals surface area contributed by atoms with Crippen LogP contribution in [0.2, 0.25) is 10.0 Å². The van der Waals surface area contributed by atoms with Crippen LogP contribution in [0.1, 0.15) is 0 Å². The minimum Gasteiger partial charge on any atom is -0.433 e. The lowest BCUT2D eigenvalue weighted by atomic mass is 10.3. The van der Waals surface area contributed by atoms with Crippen molar-refractivity contribution in [2.75, 3.05) is 17.2 Å². The van der Waals surface area contributed by atoms with Crippen LogP contribution in [0.15, 0.2) is 42.5 Å². The van der Waals surface area contributed by atoms with Gasteiger partial charge in [-0.3, -0.25) is 4.79 Å². The molecule has 2 aromatic rings. The number of nitrogens with one attached hydrogen (secondary N) is 2. The van der Waals surface area contributed by atoms with E-state index >= 15 is 0 Å².